The zero-order chi connectivity index (χ0) is 21.2. The number of carboxylic acids is 1. The largest absolute Gasteiger partial charge is 0.550 e. The standard InChI is InChI=1S/C21H28N4O4/c1-13-5-7-14(8-6-13)19-23-20(29-24-19)16-9-15(12-25(16)4)22-17(26)10-21(2,3)11-18(27)28/h5-8,15-16H,9-12H2,1-4H3,(H,22,26)(H,27,28)/t15-,16-/m0/s1. The molecule has 3 atom stereocenters. The first-order valence-electron chi connectivity index (χ1n) is 9.85. The van der Waals surface area contributed by atoms with E-state index in [0.29, 0.717) is 18.1 Å². The summed E-state index contributed by atoms with van der Waals surface area (Å²) in [5.41, 5.74) is 1.43. The Morgan fingerprint density at radius 1 is 1.28 bits per heavy atom. The molecule has 1 aromatic carbocycles. The van der Waals surface area contributed by atoms with E-state index in [9.17, 15) is 14.7 Å². The number of nitrogens with zero attached hydrogens (tertiary/aromatic N) is 2. The maximum atomic E-state index is 12.4. The van der Waals surface area contributed by atoms with Crippen LogP contribution >= 0.6 is 0 Å². The zero-order valence-electron chi connectivity index (χ0n) is 17.3. The molecule has 2 heterocycles. The minimum absolute atomic E-state index is 0.00299. The number of carbonyl (C=O) groups is 2. The third-order valence-electron chi connectivity index (χ3n) is 5.36. The molecule has 1 amide bonds. The predicted molar refractivity (Wildman–Crippen MR) is 104 cm³/mol. The first-order chi connectivity index (χ1) is 13.6. The van der Waals surface area contributed by atoms with Gasteiger partial charge in [0.2, 0.25) is 11.7 Å². The Morgan fingerprint density at radius 2 is 1.97 bits per heavy atom. The average molecular weight is 400 g/mol. The number of aromatic nitrogens is 2. The van der Waals surface area contributed by atoms with E-state index in [2.05, 4.69) is 15.5 Å². The molecule has 0 radical (unpaired) electrons. The number of likely N-dealkylation sites (tertiary alicyclic amines) is 1. The molecule has 8 nitrogen and oxygen atoms in total. The van der Waals surface area contributed by atoms with Crippen molar-refractivity contribution in [2.45, 2.75) is 52.1 Å². The van der Waals surface area contributed by atoms with Crippen LogP contribution in [0.3, 0.4) is 0 Å². The summed E-state index contributed by atoms with van der Waals surface area (Å²) in [6.45, 7) is 6.26. The molecule has 0 bridgehead atoms. The van der Waals surface area contributed by atoms with Gasteiger partial charge in [0.05, 0.1) is 19.6 Å². The molecule has 8 heteroatoms. The van der Waals surface area contributed by atoms with Crippen molar-refractivity contribution in [2.75, 3.05) is 13.6 Å². The molecule has 0 aliphatic carbocycles. The lowest BCUT2D eigenvalue weighted by Gasteiger charge is -2.24. The van der Waals surface area contributed by atoms with Crippen LogP contribution in [-0.2, 0) is 9.59 Å². The molecule has 1 fully saturated rings. The van der Waals surface area contributed by atoms with Gasteiger partial charge >= 0.3 is 0 Å². The SMILES string of the molecule is Cc1ccc(-c2noc([C@@H]3C[C@H](NC(=O)CC(C)(C)CC(=O)[O-])C[NH+]3C)n2)cc1. The highest BCUT2D eigenvalue weighted by molar-refractivity contribution is 5.78. The number of aryl methyl sites for hydroxylation is 1. The zero-order valence-corrected chi connectivity index (χ0v) is 17.3. The van der Waals surface area contributed by atoms with Crippen LogP contribution in [0.15, 0.2) is 28.8 Å². The van der Waals surface area contributed by atoms with Crippen molar-refractivity contribution in [3.63, 3.8) is 0 Å². The van der Waals surface area contributed by atoms with Crippen LogP contribution < -0.4 is 15.3 Å². The van der Waals surface area contributed by atoms with Crippen LogP contribution in [0.25, 0.3) is 11.4 Å². The lowest BCUT2D eigenvalue weighted by Crippen LogP contribution is -3.07. The number of hydrogen-bond donors (Lipinski definition) is 2. The van der Waals surface area contributed by atoms with Crippen LogP contribution in [0.1, 0.15) is 50.6 Å². The molecule has 0 spiro atoms. The normalized spacial score (nSPS) is 21.9. The number of amides is 1. The van der Waals surface area contributed by atoms with E-state index in [1.165, 1.54) is 10.5 Å². The van der Waals surface area contributed by atoms with E-state index in [1.54, 1.807) is 13.8 Å². The highest BCUT2D eigenvalue weighted by Crippen LogP contribution is 2.25. The molecule has 29 heavy (non-hydrogen) atoms. The number of aliphatic carboxylic acids is 1. The van der Waals surface area contributed by atoms with Crippen molar-refractivity contribution in [3.8, 4) is 11.4 Å². The van der Waals surface area contributed by atoms with E-state index in [4.69, 9.17) is 4.52 Å². The summed E-state index contributed by atoms with van der Waals surface area (Å²) in [6, 6.07) is 7.92. The van der Waals surface area contributed by atoms with Gasteiger partial charge in [-0.15, -0.1) is 0 Å². The minimum atomic E-state index is -1.14. The molecule has 3 rings (SSSR count). The van der Waals surface area contributed by atoms with Gasteiger partial charge in [0.25, 0.3) is 5.89 Å². The molecule has 1 aliphatic rings. The number of carboxylic acid groups (broad SMARTS) is 1. The number of quaternary nitrogens is 1. The van der Waals surface area contributed by atoms with Crippen LogP contribution in [0.2, 0.25) is 0 Å². The van der Waals surface area contributed by atoms with Gasteiger partial charge in [-0.25, -0.2) is 0 Å². The average Bonchev–Trinajstić information content (AvgIpc) is 3.20. The summed E-state index contributed by atoms with van der Waals surface area (Å²) in [5, 5.41) is 18.0. The molecule has 1 aromatic heterocycles. The summed E-state index contributed by atoms with van der Waals surface area (Å²) in [5.74, 6) is -0.175. The smallest absolute Gasteiger partial charge is 0.285 e. The Bertz CT molecular complexity index is 875. The molecule has 2 N–H and O–H groups in total. The van der Waals surface area contributed by atoms with Gasteiger partial charge in [0, 0.05) is 24.4 Å². The predicted octanol–water partition coefficient (Wildman–Crippen LogP) is 0.0456. The number of hydrogen-bond acceptors (Lipinski definition) is 6. The van der Waals surface area contributed by atoms with E-state index in [1.807, 2.05) is 38.2 Å². The summed E-state index contributed by atoms with van der Waals surface area (Å²) in [7, 11) is 2.03. The van der Waals surface area contributed by atoms with Gasteiger partial charge in [-0.3, -0.25) is 4.79 Å². The highest BCUT2D eigenvalue weighted by atomic mass is 16.5. The number of likely N-dealkylation sites (N-methyl/N-ethyl adjacent to an activating group) is 1. The molecule has 0 saturated carbocycles. The Hall–Kier alpha value is -2.74. The van der Waals surface area contributed by atoms with Crippen molar-refractivity contribution in [1.29, 1.82) is 0 Å². The van der Waals surface area contributed by atoms with Gasteiger partial charge < -0.3 is 24.6 Å². The van der Waals surface area contributed by atoms with Gasteiger partial charge in [-0.2, -0.15) is 4.98 Å². The van der Waals surface area contributed by atoms with E-state index in [-0.39, 0.29) is 30.8 Å². The van der Waals surface area contributed by atoms with Crippen molar-refractivity contribution in [2.24, 2.45) is 5.41 Å². The van der Waals surface area contributed by atoms with E-state index >= 15 is 0 Å². The molecular formula is C21H28N4O4. The van der Waals surface area contributed by atoms with Crippen LogP contribution in [-0.4, -0.2) is 41.7 Å². The van der Waals surface area contributed by atoms with Crippen molar-refractivity contribution >= 4 is 11.9 Å². The van der Waals surface area contributed by atoms with Gasteiger partial charge in [0.1, 0.15) is 0 Å². The Balaban J connectivity index is 1.60. The maximum absolute atomic E-state index is 12.4. The molecule has 2 aromatic rings. The Labute approximate surface area is 170 Å². The minimum Gasteiger partial charge on any atom is -0.550 e. The first-order valence-corrected chi connectivity index (χ1v) is 9.85. The quantitative estimate of drug-likeness (QED) is 0.679. The van der Waals surface area contributed by atoms with Gasteiger partial charge in [-0.05, 0) is 18.8 Å². The third-order valence-corrected chi connectivity index (χ3v) is 5.36. The van der Waals surface area contributed by atoms with E-state index < -0.39 is 11.4 Å². The summed E-state index contributed by atoms with van der Waals surface area (Å²) >= 11 is 0. The second-order valence-electron chi connectivity index (χ2n) is 8.82. The fourth-order valence-electron chi connectivity index (χ4n) is 3.88. The van der Waals surface area contributed by atoms with E-state index in [0.717, 1.165) is 12.1 Å². The van der Waals surface area contributed by atoms with Crippen LogP contribution in [0.4, 0.5) is 0 Å². The number of rotatable bonds is 7. The lowest BCUT2D eigenvalue weighted by molar-refractivity contribution is -0.900. The second-order valence-corrected chi connectivity index (χ2v) is 8.82. The highest BCUT2D eigenvalue weighted by Gasteiger charge is 2.39. The fourth-order valence-corrected chi connectivity index (χ4v) is 3.88. The monoisotopic (exact) mass is 400 g/mol. The van der Waals surface area contributed by atoms with Crippen LogP contribution in [0.5, 0.6) is 0 Å². The fraction of sp³-hybridized carbons (Fsp3) is 0.524. The topological polar surface area (TPSA) is 113 Å². The first kappa shape index (κ1) is 21.0. The maximum Gasteiger partial charge on any atom is 0.285 e. The lowest BCUT2D eigenvalue weighted by atomic mass is 9.85. The summed E-state index contributed by atoms with van der Waals surface area (Å²) < 4.78 is 5.51. The second kappa shape index (κ2) is 8.32. The summed E-state index contributed by atoms with van der Waals surface area (Å²) in [4.78, 5) is 29.0. The molecule has 1 unspecified atom stereocenters. The molecule has 1 saturated heterocycles. The number of benzene rings is 1. The number of carbonyl (C=O) groups excluding carboxylic acids is 2. The van der Waals surface area contributed by atoms with Crippen molar-refractivity contribution in [1.82, 2.24) is 15.5 Å². The Morgan fingerprint density at radius 3 is 2.62 bits per heavy atom. The molecular weight excluding hydrogens is 372 g/mol. The van der Waals surface area contributed by atoms with Crippen LogP contribution in [0, 0.1) is 12.3 Å². The van der Waals surface area contributed by atoms with Crippen molar-refractivity contribution < 1.29 is 24.1 Å². The van der Waals surface area contributed by atoms with Gasteiger partial charge in [-0.1, -0.05) is 48.8 Å². The number of nitrogens with one attached hydrogen (secondary N) is 2. The molecule has 1 aliphatic heterocycles. The third kappa shape index (κ3) is 5.41. The molecule has 156 valence electrons. The van der Waals surface area contributed by atoms with Gasteiger partial charge in [0.15, 0.2) is 6.04 Å². The van der Waals surface area contributed by atoms with Crippen molar-refractivity contribution in [3.05, 3.63) is 35.7 Å². The summed E-state index contributed by atoms with van der Waals surface area (Å²) in [6.07, 6.45) is 0.677. The Kier molecular flexibility index (Phi) is 6.02.